The van der Waals surface area contributed by atoms with Crippen molar-refractivity contribution < 1.29 is 24.4 Å². The van der Waals surface area contributed by atoms with Gasteiger partial charge in [-0.15, -0.1) is 22.7 Å². The summed E-state index contributed by atoms with van der Waals surface area (Å²) in [5.74, 6) is 1.43. The maximum Gasteiger partial charge on any atom is 0.196 e. The number of fused-ring (bicyclic) bond motifs is 4. The minimum absolute atomic E-state index is 0.00825. The van der Waals surface area contributed by atoms with E-state index in [9.17, 15) is 19.8 Å². The molecule has 1 fully saturated rings. The number of ether oxygens (including phenoxy) is 3. The average Bonchev–Trinajstić information content (AvgIpc) is 3.17. The van der Waals surface area contributed by atoms with Crippen molar-refractivity contribution in [2.45, 2.75) is 76.3 Å². The molecule has 0 saturated heterocycles. The fourth-order valence-electron chi connectivity index (χ4n) is 7.41. The Morgan fingerprint density at radius 3 is 1.80 bits per heavy atom. The molecule has 5 atom stereocenters. The number of aliphatic hydroxyl groups is 2. The Hall–Kier alpha value is -3.94. The summed E-state index contributed by atoms with van der Waals surface area (Å²) < 4.78 is 22.0. The SMILES string of the molecule is CC(CC(C)(C)OCC1CCC1(C)NCC(O)COc1ccc2sc3ccccc3c(=O)c2c1)NCC(O)COc1ccc2sc3ccccc3c(=O)c2c1. The molecule has 2 aromatic heterocycles. The second kappa shape index (κ2) is 16.7. The normalized spacial score (nSPS) is 19.1. The highest BCUT2D eigenvalue weighted by Gasteiger charge is 2.43. The van der Waals surface area contributed by atoms with Crippen molar-refractivity contribution in [3.63, 3.8) is 0 Å². The molecule has 290 valence electrons. The lowest BCUT2D eigenvalue weighted by Crippen LogP contribution is -2.59. The molecule has 7 rings (SSSR count). The molecule has 6 aromatic rings. The zero-order valence-corrected chi connectivity index (χ0v) is 33.4. The van der Waals surface area contributed by atoms with Gasteiger partial charge in [-0.1, -0.05) is 24.3 Å². The fourth-order valence-corrected chi connectivity index (χ4v) is 9.51. The third-order valence-electron chi connectivity index (χ3n) is 10.8. The standard InChI is InChI=1S/C44H50N2O7S2/c1-27(45-22-29(47)25-51-31-13-15-39-35(19-31)41(49)33-9-5-7-11-37(33)54-39)21-43(2,3)53-24-28-17-18-44(28,4)46-23-30(48)26-52-32-14-16-40-36(20-32)42(50)34-10-6-8-12-38(34)55-40/h5-16,19-20,27-30,45-48H,17-18,21-26H2,1-4H3. The molecule has 0 spiro atoms. The predicted molar refractivity (Wildman–Crippen MR) is 225 cm³/mol. The zero-order valence-electron chi connectivity index (χ0n) is 31.8. The Labute approximate surface area is 328 Å². The lowest BCUT2D eigenvalue weighted by molar-refractivity contribution is -0.0820. The number of hydrogen-bond donors (Lipinski definition) is 4. The topological polar surface area (TPSA) is 126 Å². The van der Waals surface area contributed by atoms with E-state index in [2.05, 4.69) is 38.3 Å². The van der Waals surface area contributed by atoms with Gasteiger partial charge in [-0.05, 0) is 108 Å². The van der Waals surface area contributed by atoms with Crippen LogP contribution in [0.15, 0.2) is 94.5 Å². The molecular formula is C44H50N2O7S2. The molecule has 2 heterocycles. The molecule has 9 nitrogen and oxygen atoms in total. The minimum Gasteiger partial charge on any atom is -0.491 e. The monoisotopic (exact) mass is 782 g/mol. The van der Waals surface area contributed by atoms with Crippen molar-refractivity contribution in [2.75, 3.05) is 32.9 Å². The number of rotatable bonds is 17. The molecule has 5 unspecified atom stereocenters. The van der Waals surface area contributed by atoms with Gasteiger partial charge in [0.2, 0.25) is 0 Å². The number of hydrogen-bond acceptors (Lipinski definition) is 11. The highest BCUT2D eigenvalue weighted by Crippen LogP contribution is 2.39. The van der Waals surface area contributed by atoms with Crippen molar-refractivity contribution in [2.24, 2.45) is 5.92 Å². The van der Waals surface area contributed by atoms with Gasteiger partial charge >= 0.3 is 0 Å². The number of nitrogens with one attached hydrogen (secondary N) is 2. The fraction of sp³-hybridized carbons (Fsp3) is 0.409. The predicted octanol–water partition coefficient (Wildman–Crippen LogP) is 7.24. The first-order valence-corrected chi connectivity index (χ1v) is 20.7. The van der Waals surface area contributed by atoms with Crippen LogP contribution in [0.3, 0.4) is 0 Å². The highest BCUT2D eigenvalue weighted by molar-refractivity contribution is 7.24. The molecule has 0 radical (unpaired) electrons. The van der Waals surface area contributed by atoms with Crippen LogP contribution in [0.2, 0.25) is 0 Å². The summed E-state index contributed by atoms with van der Waals surface area (Å²) in [7, 11) is 0. The first kappa shape index (κ1) is 39.3. The summed E-state index contributed by atoms with van der Waals surface area (Å²) in [6.07, 6.45) is 1.34. The summed E-state index contributed by atoms with van der Waals surface area (Å²) in [6.45, 7) is 10.0. The Morgan fingerprint density at radius 1 is 0.764 bits per heavy atom. The Bertz CT molecular complexity index is 2410. The Balaban J connectivity index is 0.817. The van der Waals surface area contributed by atoms with Crippen LogP contribution in [0, 0.1) is 5.92 Å². The third kappa shape index (κ3) is 9.21. The highest BCUT2D eigenvalue weighted by atomic mass is 32.1. The largest absolute Gasteiger partial charge is 0.491 e. The van der Waals surface area contributed by atoms with Gasteiger partial charge in [0.15, 0.2) is 10.9 Å². The van der Waals surface area contributed by atoms with Crippen molar-refractivity contribution in [3.05, 3.63) is 105 Å². The molecule has 11 heteroatoms. The Morgan fingerprint density at radius 2 is 1.27 bits per heavy atom. The van der Waals surface area contributed by atoms with Crippen LogP contribution in [0.25, 0.3) is 40.3 Å². The smallest absolute Gasteiger partial charge is 0.196 e. The average molecular weight is 783 g/mol. The molecule has 0 amide bonds. The quantitative estimate of drug-likeness (QED) is 0.0709. The summed E-state index contributed by atoms with van der Waals surface area (Å²) in [6, 6.07) is 26.4. The van der Waals surface area contributed by atoms with E-state index in [0.717, 1.165) is 38.1 Å². The molecule has 1 saturated carbocycles. The van der Waals surface area contributed by atoms with Crippen LogP contribution in [0.1, 0.15) is 47.0 Å². The molecule has 55 heavy (non-hydrogen) atoms. The number of β-amino-alcohol motifs (C(OH)–C–C–N with tert-alkyl or cyclic N) is 1. The van der Waals surface area contributed by atoms with Gasteiger partial charge in [-0.25, -0.2) is 0 Å². The maximum atomic E-state index is 13.1. The van der Waals surface area contributed by atoms with Crippen molar-refractivity contribution >= 4 is 63.0 Å². The van der Waals surface area contributed by atoms with Crippen molar-refractivity contribution in [3.8, 4) is 11.5 Å². The first-order valence-electron chi connectivity index (χ1n) is 19.0. The van der Waals surface area contributed by atoms with E-state index < -0.39 is 12.2 Å². The summed E-state index contributed by atoms with van der Waals surface area (Å²) in [4.78, 5) is 26.1. The molecule has 4 aromatic carbocycles. The van der Waals surface area contributed by atoms with E-state index in [1.165, 1.54) is 0 Å². The van der Waals surface area contributed by atoms with Crippen LogP contribution < -0.4 is 31.0 Å². The van der Waals surface area contributed by atoms with Crippen LogP contribution in [0.4, 0.5) is 0 Å². The van der Waals surface area contributed by atoms with Gasteiger partial charge < -0.3 is 35.1 Å². The summed E-state index contributed by atoms with van der Waals surface area (Å²) >= 11 is 3.16. The number of benzene rings is 4. The zero-order chi connectivity index (χ0) is 38.7. The number of aliphatic hydroxyl groups excluding tert-OH is 2. The maximum absolute atomic E-state index is 13.1. The van der Waals surface area contributed by atoms with Crippen molar-refractivity contribution in [1.29, 1.82) is 0 Å². The summed E-state index contributed by atoms with van der Waals surface area (Å²) in [5.41, 5.74) is -0.558. The second-order valence-electron chi connectivity index (χ2n) is 15.7. The van der Waals surface area contributed by atoms with Gasteiger partial charge in [0, 0.05) is 70.9 Å². The van der Waals surface area contributed by atoms with Gasteiger partial charge in [-0.2, -0.15) is 0 Å². The van der Waals surface area contributed by atoms with E-state index in [1.807, 2.05) is 72.8 Å². The van der Waals surface area contributed by atoms with Gasteiger partial charge in [-0.3, -0.25) is 9.59 Å². The molecule has 1 aliphatic carbocycles. The van der Waals surface area contributed by atoms with Crippen LogP contribution in [-0.4, -0.2) is 72.5 Å². The Kier molecular flexibility index (Phi) is 11.9. The van der Waals surface area contributed by atoms with Gasteiger partial charge in [0.05, 0.1) is 12.2 Å². The third-order valence-corrected chi connectivity index (χ3v) is 13.1. The van der Waals surface area contributed by atoms with Crippen LogP contribution in [-0.2, 0) is 4.74 Å². The molecule has 4 N–H and O–H groups in total. The van der Waals surface area contributed by atoms with Gasteiger partial charge in [0.1, 0.15) is 36.9 Å². The van der Waals surface area contributed by atoms with Crippen LogP contribution in [0.5, 0.6) is 11.5 Å². The lowest BCUT2D eigenvalue weighted by atomic mass is 9.68. The van der Waals surface area contributed by atoms with E-state index in [0.29, 0.717) is 58.7 Å². The first-order chi connectivity index (χ1) is 26.4. The summed E-state index contributed by atoms with van der Waals surface area (Å²) in [5, 5.41) is 31.1. The lowest BCUT2D eigenvalue weighted by Gasteiger charge is -2.49. The van der Waals surface area contributed by atoms with E-state index in [4.69, 9.17) is 14.2 Å². The van der Waals surface area contributed by atoms with E-state index in [-0.39, 0.29) is 41.3 Å². The van der Waals surface area contributed by atoms with Crippen LogP contribution >= 0.6 is 22.7 Å². The molecule has 0 bridgehead atoms. The van der Waals surface area contributed by atoms with Crippen molar-refractivity contribution in [1.82, 2.24) is 10.6 Å². The molecule has 0 aliphatic heterocycles. The second-order valence-corrected chi connectivity index (χ2v) is 17.9. The molecular weight excluding hydrogens is 733 g/mol. The van der Waals surface area contributed by atoms with Gasteiger partial charge in [0.25, 0.3) is 0 Å². The van der Waals surface area contributed by atoms with E-state index >= 15 is 0 Å². The molecule has 1 aliphatic rings. The van der Waals surface area contributed by atoms with E-state index in [1.54, 1.807) is 34.8 Å². The minimum atomic E-state index is -0.727.